The van der Waals surface area contributed by atoms with Crippen LogP contribution in [0.5, 0.6) is 5.75 Å². The molecular formula is C27H41N3O4S. The number of carbonyl (C=O) groups excluding carboxylic acids is 1. The van der Waals surface area contributed by atoms with E-state index in [1.54, 1.807) is 30.4 Å². The van der Waals surface area contributed by atoms with Crippen LogP contribution in [0.3, 0.4) is 0 Å². The van der Waals surface area contributed by atoms with Gasteiger partial charge in [0.25, 0.3) is 0 Å². The van der Waals surface area contributed by atoms with Gasteiger partial charge in [0.15, 0.2) is 0 Å². The van der Waals surface area contributed by atoms with Gasteiger partial charge in [-0.25, -0.2) is 8.51 Å². The smallest absolute Gasteiger partial charge is 0.248 e. The van der Waals surface area contributed by atoms with Crippen molar-refractivity contribution in [1.29, 1.82) is 0 Å². The number of likely N-dealkylation sites (N-methyl/N-ethyl adjacent to an activating group) is 2. The highest BCUT2D eigenvalue weighted by Crippen LogP contribution is 2.25. The lowest BCUT2D eigenvalue weighted by Crippen LogP contribution is -2.32. The Balaban J connectivity index is 1.75. The molecule has 0 fully saturated rings. The molecule has 0 radical (unpaired) electrons. The summed E-state index contributed by atoms with van der Waals surface area (Å²) in [6.07, 6.45) is 0.984. The Bertz CT molecular complexity index is 956. The monoisotopic (exact) mass is 503 g/mol. The van der Waals surface area contributed by atoms with Crippen LogP contribution < -0.4 is 10.1 Å². The van der Waals surface area contributed by atoms with Crippen LogP contribution in [-0.2, 0) is 33.5 Å². The zero-order valence-corrected chi connectivity index (χ0v) is 23.0. The minimum atomic E-state index is -1.32. The first-order valence-corrected chi connectivity index (χ1v) is 13.1. The molecule has 2 aromatic rings. The first-order chi connectivity index (χ1) is 16.6. The third-order valence-electron chi connectivity index (χ3n) is 5.74. The maximum atomic E-state index is 13.0. The standard InChI is InChI=1S/C27H41N3O4S/c1-20(2)28-13-12-23-8-10-24(11-9-23)18-29(5)26(31)19-34-15-14-30(6)35(32)27-21(3)16-25(33-7)17-22(27)4/h8-11,16-17,20,28H,12-15,18-19H2,1-7H3. The fourth-order valence-electron chi connectivity index (χ4n) is 3.68. The van der Waals surface area contributed by atoms with Crippen LogP contribution in [0.1, 0.15) is 36.1 Å². The van der Waals surface area contributed by atoms with Crippen molar-refractivity contribution >= 4 is 16.9 Å². The van der Waals surface area contributed by atoms with Gasteiger partial charge in [-0.05, 0) is 61.2 Å². The van der Waals surface area contributed by atoms with E-state index in [-0.39, 0.29) is 12.5 Å². The molecule has 194 valence electrons. The van der Waals surface area contributed by atoms with E-state index in [9.17, 15) is 9.00 Å². The van der Waals surface area contributed by atoms with Gasteiger partial charge < -0.3 is 19.7 Å². The Morgan fingerprint density at radius 1 is 1.06 bits per heavy atom. The number of methoxy groups -OCH3 is 1. The van der Waals surface area contributed by atoms with Gasteiger partial charge in [-0.1, -0.05) is 38.1 Å². The van der Waals surface area contributed by atoms with Crippen LogP contribution in [0.4, 0.5) is 0 Å². The lowest BCUT2D eigenvalue weighted by atomic mass is 10.1. The average Bonchev–Trinajstić information content (AvgIpc) is 2.81. The second-order valence-electron chi connectivity index (χ2n) is 9.17. The van der Waals surface area contributed by atoms with Crippen LogP contribution in [0.25, 0.3) is 0 Å². The molecular weight excluding hydrogens is 462 g/mol. The van der Waals surface area contributed by atoms with Crippen molar-refractivity contribution in [3.8, 4) is 5.75 Å². The second kappa shape index (κ2) is 14.3. The van der Waals surface area contributed by atoms with Crippen LogP contribution in [0, 0.1) is 13.8 Å². The Hall–Kier alpha value is -2.26. The Kier molecular flexibility index (Phi) is 11.9. The zero-order valence-electron chi connectivity index (χ0n) is 22.2. The van der Waals surface area contributed by atoms with Crippen molar-refractivity contribution < 1.29 is 18.5 Å². The highest BCUT2D eigenvalue weighted by atomic mass is 32.2. The van der Waals surface area contributed by atoms with Crippen molar-refractivity contribution in [3.63, 3.8) is 0 Å². The van der Waals surface area contributed by atoms with Crippen LogP contribution in [0.15, 0.2) is 41.3 Å². The van der Waals surface area contributed by atoms with E-state index in [0.29, 0.717) is 25.7 Å². The summed E-state index contributed by atoms with van der Waals surface area (Å²) in [6, 6.07) is 12.6. The van der Waals surface area contributed by atoms with Crippen molar-refractivity contribution in [3.05, 3.63) is 58.7 Å². The first-order valence-electron chi connectivity index (χ1n) is 12.0. The van der Waals surface area contributed by atoms with Crippen molar-refractivity contribution in [2.75, 3.05) is 47.5 Å². The molecule has 0 aromatic heterocycles. The van der Waals surface area contributed by atoms with Crippen molar-refractivity contribution in [2.45, 2.75) is 51.6 Å². The Morgan fingerprint density at radius 2 is 1.66 bits per heavy atom. The second-order valence-corrected chi connectivity index (χ2v) is 10.7. The van der Waals surface area contributed by atoms with E-state index in [0.717, 1.165) is 40.3 Å². The third-order valence-corrected chi connectivity index (χ3v) is 7.48. The molecule has 0 saturated heterocycles. The summed E-state index contributed by atoms with van der Waals surface area (Å²) in [5, 5.41) is 3.42. The van der Waals surface area contributed by atoms with E-state index >= 15 is 0 Å². The molecule has 0 heterocycles. The molecule has 0 aliphatic rings. The highest BCUT2D eigenvalue weighted by Gasteiger charge is 2.17. The number of ether oxygens (including phenoxy) is 2. The number of hydrogen-bond acceptors (Lipinski definition) is 5. The number of benzene rings is 2. The quantitative estimate of drug-likeness (QED) is 0.400. The molecule has 2 aromatic carbocycles. The average molecular weight is 504 g/mol. The van der Waals surface area contributed by atoms with E-state index in [1.165, 1.54) is 5.56 Å². The molecule has 1 amide bonds. The van der Waals surface area contributed by atoms with Gasteiger partial charge in [-0.3, -0.25) is 4.79 Å². The summed E-state index contributed by atoms with van der Waals surface area (Å²) in [5.41, 5.74) is 4.21. The van der Waals surface area contributed by atoms with Gasteiger partial charge in [0, 0.05) is 33.2 Å². The van der Waals surface area contributed by atoms with E-state index in [1.807, 2.05) is 26.0 Å². The SMILES string of the molecule is COc1cc(C)c(S(=O)N(C)CCOCC(=O)N(C)Cc2ccc(CCNC(C)C)cc2)c(C)c1. The number of aryl methyl sites for hydroxylation is 2. The van der Waals surface area contributed by atoms with Gasteiger partial charge in [-0.2, -0.15) is 0 Å². The van der Waals surface area contributed by atoms with E-state index in [2.05, 4.69) is 43.4 Å². The molecule has 1 atom stereocenters. The molecule has 0 saturated carbocycles. The highest BCUT2D eigenvalue weighted by molar-refractivity contribution is 7.82. The molecule has 7 nitrogen and oxygen atoms in total. The summed E-state index contributed by atoms with van der Waals surface area (Å²) < 4.78 is 25.6. The number of amides is 1. The minimum absolute atomic E-state index is 0.00345. The van der Waals surface area contributed by atoms with E-state index in [4.69, 9.17) is 9.47 Å². The maximum absolute atomic E-state index is 13.0. The molecule has 8 heteroatoms. The molecule has 0 bridgehead atoms. The molecule has 0 aliphatic heterocycles. The van der Waals surface area contributed by atoms with Crippen LogP contribution in [0.2, 0.25) is 0 Å². The maximum Gasteiger partial charge on any atom is 0.248 e. The van der Waals surface area contributed by atoms with Gasteiger partial charge in [0.2, 0.25) is 5.91 Å². The number of nitrogens with one attached hydrogen (secondary N) is 1. The zero-order chi connectivity index (χ0) is 26.0. The number of nitrogens with zero attached hydrogens (tertiary/aromatic N) is 2. The summed E-state index contributed by atoms with van der Waals surface area (Å²) in [5.74, 6) is 0.671. The topological polar surface area (TPSA) is 71.1 Å². The van der Waals surface area contributed by atoms with Crippen molar-refractivity contribution in [2.24, 2.45) is 0 Å². The lowest BCUT2D eigenvalue weighted by molar-refractivity contribution is -0.135. The van der Waals surface area contributed by atoms with Gasteiger partial charge in [0.05, 0.1) is 18.6 Å². The molecule has 2 rings (SSSR count). The van der Waals surface area contributed by atoms with E-state index < -0.39 is 11.0 Å². The fourth-order valence-corrected chi connectivity index (χ4v) is 4.90. The summed E-state index contributed by atoms with van der Waals surface area (Å²) in [6.45, 7) is 10.4. The number of rotatable bonds is 14. The molecule has 1 unspecified atom stereocenters. The predicted octanol–water partition coefficient (Wildman–Crippen LogP) is 3.48. The normalized spacial score (nSPS) is 12.3. The Morgan fingerprint density at radius 3 is 2.23 bits per heavy atom. The summed E-state index contributed by atoms with van der Waals surface area (Å²) >= 11 is 0. The molecule has 35 heavy (non-hydrogen) atoms. The fraction of sp³-hybridized carbons (Fsp3) is 0.519. The predicted molar refractivity (Wildman–Crippen MR) is 142 cm³/mol. The van der Waals surface area contributed by atoms with Crippen LogP contribution in [-0.4, -0.2) is 72.9 Å². The Labute approximate surface area is 213 Å². The van der Waals surface area contributed by atoms with Gasteiger partial charge in [-0.15, -0.1) is 0 Å². The summed E-state index contributed by atoms with van der Waals surface area (Å²) in [7, 11) is 3.87. The van der Waals surface area contributed by atoms with Crippen LogP contribution >= 0.6 is 0 Å². The number of hydrogen-bond donors (Lipinski definition) is 1. The lowest BCUT2D eigenvalue weighted by Gasteiger charge is -2.20. The molecule has 0 aliphatic carbocycles. The number of carbonyl (C=O) groups is 1. The molecule has 0 spiro atoms. The first kappa shape index (κ1) is 29.0. The minimum Gasteiger partial charge on any atom is -0.497 e. The largest absolute Gasteiger partial charge is 0.497 e. The molecule has 1 N–H and O–H groups in total. The summed E-state index contributed by atoms with van der Waals surface area (Å²) in [4.78, 5) is 14.9. The third kappa shape index (κ3) is 9.37. The van der Waals surface area contributed by atoms with Gasteiger partial charge in [0.1, 0.15) is 23.3 Å². The van der Waals surface area contributed by atoms with Gasteiger partial charge >= 0.3 is 0 Å². The van der Waals surface area contributed by atoms with Crippen molar-refractivity contribution in [1.82, 2.24) is 14.5 Å².